The molecule has 2 rings (SSSR count). The van der Waals surface area contributed by atoms with Gasteiger partial charge in [0.25, 0.3) is 0 Å². The van der Waals surface area contributed by atoms with Crippen LogP contribution in [0.5, 0.6) is 0 Å². The van der Waals surface area contributed by atoms with Crippen LogP contribution in [0.15, 0.2) is 10.9 Å². The summed E-state index contributed by atoms with van der Waals surface area (Å²) in [6.07, 6.45) is 6.66. The molecule has 1 heterocycles. The van der Waals surface area contributed by atoms with Crippen molar-refractivity contribution < 1.29 is 0 Å². The Bertz CT molecular complexity index is 271. The zero-order valence-electron chi connectivity index (χ0n) is 9.41. The summed E-state index contributed by atoms with van der Waals surface area (Å²) < 4.78 is 0. The third kappa shape index (κ3) is 3.28. The van der Waals surface area contributed by atoms with Gasteiger partial charge in [0.1, 0.15) is 0 Å². The lowest BCUT2D eigenvalue weighted by Crippen LogP contribution is -2.38. The Kier molecular flexibility index (Phi) is 4.15. The summed E-state index contributed by atoms with van der Waals surface area (Å²) in [5, 5.41) is 5.82. The summed E-state index contributed by atoms with van der Waals surface area (Å²) in [6, 6.07) is 0.748. The zero-order chi connectivity index (χ0) is 10.5. The van der Waals surface area contributed by atoms with Crippen molar-refractivity contribution in [1.82, 2.24) is 10.3 Å². The lowest BCUT2D eigenvalue weighted by Gasteiger charge is -2.29. The fraction of sp³-hybridized carbons (Fsp3) is 0.750. The van der Waals surface area contributed by atoms with Crippen molar-refractivity contribution in [1.29, 1.82) is 0 Å². The molecule has 1 fully saturated rings. The maximum Gasteiger partial charge on any atom is 0.0794 e. The fourth-order valence-electron chi connectivity index (χ4n) is 2.37. The Morgan fingerprint density at radius 2 is 2.33 bits per heavy atom. The predicted octanol–water partition coefficient (Wildman–Crippen LogP) is 2.85. The van der Waals surface area contributed by atoms with E-state index in [2.05, 4.69) is 22.6 Å². The van der Waals surface area contributed by atoms with Gasteiger partial charge in [-0.1, -0.05) is 19.8 Å². The molecular formula is C12H20N2S. The molecule has 0 spiro atoms. The van der Waals surface area contributed by atoms with Gasteiger partial charge in [0.2, 0.25) is 0 Å². The minimum atomic E-state index is 0.748. The van der Waals surface area contributed by atoms with Gasteiger partial charge in [-0.3, -0.25) is 0 Å². The summed E-state index contributed by atoms with van der Waals surface area (Å²) in [7, 11) is 0. The van der Waals surface area contributed by atoms with Gasteiger partial charge in [-0.15, -0.1) is 11.3 Å². The van der Waals surface area contributed by atoms with Crippen molar-refractivity contribution in [2.45, 2.75) is 45.1 Å². The second-order valence-electron chi connectivity index (χ2n) is 4.55. The van der Waals surface area contributed by atoms with E-state index >= 15 is 0 Å². The molecule has 2 nitrogen and oxygen atoms in total. The maximum atomic E-state index is 4.30. The normalized spacial score (nSPS) is 26.7. The molecule has 1 saturated carbocycles. The number of hydrogen-bond acceptors (Lipinski definition) is 3. The molecule has 1 aliphatic rings. The van der Waals surface area contributed by atoms with Crippen LogP contribution in [0, 0.1) is 5.92 Å². The number of aromatic nitrogens is 1. The first kappa shape index (κ1) is 11.1. The van der Waals surface area contributed by atoms with Crippen LogP contribution in [-0.2, 0) is 6.42 Å². The number of nitrogens with zero attached hydrogens (tertiary/aromatic N) is 1. The van der Waals surface area contributed by atoms with Gasteiger partial charge in [-0.25, -0.2) is 4.98 Å². The number of nitrogens with one attached hydrogen (secondary N) is 1. The zero-order valence-corrected chi connectivity index (χ0v) is 10.2. The monoisotopic (exact) mass is 224 g/mol. The molecule has 1 N–H and O–H groups in total. The largest absolute Gasteiger partial charge is 0.313 e. The summed E-state index contributed by atoms with van der Waals surface area (Å²) >= 11 is 1.69. The highest BCUT2D eigenvalue weighted by molar-refractivity contribution is 7.07. The maximum absolute atomic E-state index is 4.30. The van der Waals surface area contributed by atoms with E-state index in [0.717, 1.165) is 24.9 Å². The quantitative estimate of drug-likeness (QED) is 0.850. The molecule has 1 aromatic heterocycles. The van der Waals surface area contributed by atoms with Crippen LogP contribution in [0.25, 0.3) is 0 Å². The van der Waals surface area contributed by atoms with E-state index in [4.69, 9.17) is 0 Å². The Balaban J connectivity index is 1.68. The van der Waals surface area contributed by atoms with E-state index in [0.29, 0.717) is 0 Å². The molecule has 84 valence electrons. The highest BCUT2D eigenvalue weighted by atomic mass is 32.1. The molecule has 2 atom stereocenters. The minimum Gasteiger partial charge on any atom is -0.313 e. The van der Waals surface area contributed by atoms with E-state index in [1.54, 1.807) is 11.3 Å². The summed E-state index contributed by atoms with van der Waals surface area (Å²) in [6.45, 7) is 3.46. The Labute approximate surface area is 96.1 Å². The van der Waals surface area contributed by atoms with Crippen molar-refractivity contribution in [3.05, 3.63) is 16.6 Å². The summed E-state index contributed by atoms with van der Waals surface area (Å²) in [5.74, 6) is 0.856. The molecule has 0 radical (unpaired) electrons. The lowest BCUT2D eigenvalue weighted by atomic mass is 9.86. The number of thiazole rings is 1. The third-order valence-electron chi connectivity index (χ3n) is 3.38. The van der Waals surface area contributed by atoms with Crippen LogP contribution < -0.4 is 5.32 Å². The second-order valence-corrected chi connectivity index (χ2v) is 5.27. The molecule has 15 heavy (non-hydrogen) atoms. The van der Waals surface area contributed by atoms with E-state index in [1.807, 2.05) is 5.51 Å². The SMILES string of the molecule is CC1CCCCC1NCCc1cscn1. The first-order valence-corrected chi connectivity index (χ1v) is 6.91. The standard InChI is InChI=1S/C12H20N2S/c1-10-4-2-3-5-12(10)13-7-6-11-8-15-9-14-11/h8-10,12-13H,2-7H2,1H3. The van der Waals surface area contributed by atoms with E-state index < -0.39 is 0 Å². The van der Waals surface area contributed by atoms with Crippen LogP contribution in [0.1, 0.15) is 38.3 Å². The van der Waals surface area contributed by atoms with Gasteiger partial charge in [0, 0.05) is 24.4 Å². The molecule has 0 aromatic carbocycles. The highest BCUT2D eigenvalue weighted by Crippen LogP contribution is 2.23. The summed E-state index contributed by atoms with van der Waals surface area (Å²) in [4.78, 5) is 4.30. The van der Waals surface area contributed by atoms with Crippen LogP contribution >= 0.6 is 11.3 Å². The van der Waals surface area contributed by atoms with Crippen molar-refractivity contribution >= 4 is 11.3 Å². The molecule has 2 unspecified atom stereocenters. The van der Waals surface area contributed by atoms with Gasteiger partial charge in [0.05, 0.1) is 11.2 Å². The van der Waals surface area contributed by atoms with Crippen molar-refractivity contribution in [3.63, 3.8) is 0 Å². The molecule has 1 aliphatic carbocycles. The average molecular weight is 224 g/mol. The smallest absolute Gasteiger partial charge is 0.0794 e. The Morgan fingerprint density at radius 1 is 1.47 bits per heavy atom. The van der Waals surface area contributed by atoms with Gasteiger partial charge in [0.15, 0.2) is 0 Å². The fourth-order valence-corrected chi connectivity index (χ4v) is 2.96. The van der Waals surface area contributed by atoms with E-state index in [1.165, 1.54) is 31.4 Å². The topological polar surface area (TPSA) is 24.9 Å². The first-order chi connectivity index (χ1) is 7.36. The third-order valence-corrected chi connectivity index (χ3v) is 4.02. The van der Waals surface area contributed by atoms with Gasteiger partial charge in [-0.2, -0.15) is 0 Å². The van der Waals surface area contributed by atoms with E-state index in [9.17, 15) is 0 Å². The molecule has 3 heteroatoms. The Morgan fingerprint density at radius 3 is 3.07 bits per heavy atom. The van der Waals surface area contributed by atoms with Crippen LogP contribution in [-0.4, -0.2) is 17.6 Å². The van der Waals surface area contributed by atoms with Crippen molar-refractivity contribution in [3.8, 4) is 0 Å². The second kappa shape index (κ2) is 5.61. The van der Waals surface area contributed by atoms with E-state index in [-0.39, 0.29) is 0 Å². The number of hydrogen-bond donors (Lipinski definition) is 1. The van der Waals surface area contributed by atoms with Gasteiger partial charge in [-0.05, 0) is 18.8 Å². The molecule has 0 amide bonds. The van der Waals surface area contributed by atoms with Crippen molar-refractivity contribution in [2.24, 2.45) is 5.92 Å². The minimum absolute atomic E-state index is 0.748. The highest BCUT2D eigenvalue weighted by Gasteiger charge is 2.20. The van der Waals surface area contributed by atoms with Gasteiger partial charge < -0.3 is 5.32 Å². The molecule has 1 aromatic rings. The lowest BCUT2D eigenvalue weighted by molar-refractivity contribution is 0.282. The molecule has 0 saturated heterocycles. The van der Waals surface area contributed by atoms with Crippen LogP contribution in [0.3, 0.4) is 0 Å². The molecule has 0 bridgehead atoms. The number of rotatable bonds is 4. The Hall–Kier alpha value is -0.410. The predicted molar refractivity (Wildman–Crippen MR) is 65.2 cm³/mol. The van der Waals surface area contributed by atoms with Crippen LogP contribution in [0.2, 0.25) is 0 Å². The average Bonchev–Trinajstić information content (AvgIpc) is 2.74. The van der Waals surface area contributed by atoms with Crippen molar-refractivity contribution in [2.75, 3.05) is 6.54 Å². The first-order valence-electron chi connectivity index (χ1n) is 5.96. The summed E-state index contributed by atoms with van der Waals surface area (Å²) in [5.41, 5.74) is 3.15. The van der Waals surface area contributed by atoms with Gasteiger partial charge >= 0.3 is 0 Å². The van der Waals surface area contributed by atoms with Crippen LogP contribution in [0.4, 0.5) is 0 Å². The molecule has 0 aliphatic heterocycles. The molecular weight excluding hydrogens is 204 g/mol.